The van der Waals surface area contributed by atoms with E-state index in [9.17, 15) is 4.79 Å². The van der Waals surface area contributed by atoms with Crippen LogP contribution in [0.15, 0.2) is 18.2 Å². The van der Waals surface area contributed by atoms with E-state index < -0.39 is 0 Å². The van der Waals surface area contributed by atoms with Crippen molar-refractivity contribution in [2.75, 3.05) is 57.2 Å². The number of hydrogen-bond donors (Lipinski definition) is 1. The Labute approximate surface area is 160 Å². The van der Waals surface area contributed by atoms with Crippen LogP contribution in [0.1, 0.15) is 19.3 Å². The van der Waals surface area contributed by atoms with Crippen molar-refractivity contribution >= 4 is 23.5 Å². The summed E-state index contributed by atoms with van der Waals surface area (Å²) < 4.78 is 10.6. The van der Waals surface area contributed by atoms with Crippen LogP contribution in [0.5, 0.6) is 11.5 Å². The average Bonchev–Trinajstić information content (AvgIpc) is 3.05. The minimum absolute atomic E-state index is 0.0352. The lowest BCUT2D eigenvalue weighted by Crippen LogP contribution is -2.49. The number of ether oxygens (including phenoxy) is 2. The maximum atomic E-state index is 13.0. The third kappa shape index (κ3) is 4.98. The van der Waals surface area contributed by atoms with E-state index in [2.05, 4.69) is 10.2 Å². The fraction of sp³-hybridized carbons (Fsp3) is 0.632. The normalized spacial score (nSPS) is 21.3. The minimum atomic E-state index is -0.0352. The first kappa shape index (κ1) is 19.2. The van der Waals surface area contributed by atoms with E-state index in [4.69, 9.17) is 9.47 Å². The van der Waals surface area contributed by atoms with E-state index in [1.54, 1.807) is 20.3 Å². The van der Waals surface area contributed by atoms with E-state index in [-0.39, 0.29) is 12.1 Å². The Morgan fingerprint density at radius 3 is 2.46 bits per heavy atom. The molecule has 7 heteroatoms. The Kier molecular flexibility index (Phi) is 6.91. The van der Waals surface area contributed by atoms with Crippen molar-refractivity contribution in [1.82, 2.24) is 9.80 Å². The lowest BCUT2D eigenvalue weighted by Gasteiger charge is -2.32. The highest BCUT2D eigenvalue weighted by Crippen LogP contribution is 2.27. The molecular weight excluding hydrogens is 350 g/mol. The summed E-state index contributed by atoms with van der Waals surface area (Å²) >= 11 is 1.96. The molecule has 1 unspecified atom stereocenters. The number of carbonyl (C=O) groups excluding carboxylic acids is 1. The molecule has 26 heavy (non-hydrogen) atoms. The zero-order valence-electron chi connectivity index (χ0n) is 15.7. The van der Waals surface area contributed by atoms with Crippen LogP contribution in [0.3, 0.4) is 0 Å². The summed E-state index contributed by atoms with van der Waals surface area (Å²) in [6.45, 7) is 4.09. The zero-order chi connectivity index (χ0) is 18.4. The van der Waals surface area contributed by atoms with Gasteiger partial charge in [0.1, 0.15) is 11.5 Å². The fourth-order valence-corrected chi connectivity index (χ4v) is 4.64. The lowest BCUT2D eigenvalue weighted by molar-refractivity contribution is 0.173. The number of nitrogens with zero attached hydrogens (tertiary/aromatic N) is 2. The number of amides is 2. The number of carbonyl (C=O) groups is 1. The largest absolute Gasteiger partial charge is 0.497 e. The molecule has 0 spiro atoms. The van der Waals surface area contributed by atoms with Gasteiger partial charge in [-0.3, -0.25) is 0 Å². The van der Waals surface area contributed by atoms with E-state index in [0.29, 0.717) is 17.2 Å². The molecule has 2 amide bonds. The molecule has 1 N–H and O–H groups in total. The van der Waals surface area contributed by atoms with Crippen molar-refractivity contribution in [3.63, 3.8) is 0 Å². The van der Waals surface area contributed by atoms with Gasteiger partial charge in [0.2, 0.25) is 0 Å². The molecule has 1 aromatic rings. The van der Waals surface area contributed by atoms with Gasteiger partial charge in [0.15, 0.2) is 0 Å². The van der Waals surface area contributed by atoms with Gasteiger partial charge in [-0.2, -0.15) is 11.8 Å². The van der Waals surface area contributed by atoms with Gasteiger partial charge in [-0.05, 0) is 38.1 Å². The molecule has 0 aliphatic carbocycles. The standard InChI is InChI=1S/C19H29N3O3S/c1-24-17-10-15(11-18(12-17)25-2)20-19(23)22-8-5-9-26-14-16(22)13-21-6-3-4-7-21/h10-12,16H,3-9,13-14H2,1-2H3,(H,20,23). The van der Waals surface area contributed by atoms with Crippen LogP contribution in [0.25, 0.3) is 0 Å². The third-order valence-electron chi connectivity index (χ3n) is 4.97. The van der Waals surface area contributed by atoms with E-state index >= 15 is 0 Å². The smallest absolute Gasteiger partial charge is 0.322 e. The van der Waals surface area contributed by atoms with Crippen LogP contribution in [0, 0.1) is 0 Å². The summed E-state index contributed by atoms with van der Waals surface area (Å²) in [5.74, 6) is 3.46. The molecule has 2 heterocycles. The summed E-state index contributed by atoms with van der Waals surface area (Å²) in [7, 11) is 3.22. The quantitative estimate of drug-likeness (QED) is 0.852. The molecule has 2 fully saturated rings. The molecule has 0 aromatic heterocycles. The van der Waals surface area contributed by atoms with Crippen molar-refractivity contribution in [2.24, 2.45) is 0 Å². The molecule has 2 aliphatic heterocycles. The van der Waals surface area contributed by atoms with Crippen LogP contribution in [0.2, 0.25) is 0 Å². The molecule has 144 valence electrons. The molecular formula is C19H29N3O3S. The van der Waals surface area contributed by atoms with Gasteiger partial charge < -0.3 is 24.6 Å². The second-order valence-corrected chi connectivity index (χ2v) is 7.96. The Morgan fingerprint density at radius 1 is 1.12 bits per heavy atom. The van der Waals surface area contributed by atoms with Crippen LogP contribution >= 0.6 is 11.8 Å². The Balaban J connectivity index is 1.70. The molecule has 6 nitrogen and oxygen atoms in total. The van der Waals surface area contributed by atoms with Crippen LogP contribution in [-0.4, -0.2) is 73.8 Å². The number of rotatable bonds is 5. The number of urea groups is 1. The number of nitrogens with one attached hydrogen (secondary N) is 1. The first-order chi connectivity index (χ1) is 12.7. The number of hydrogen-bond acceptors (Lipinski definition) is 5. The predicted molar refractivity (Wildman–Crippen MR) is 107 cm³/mol. The Hall–Kier alpha value is -1.60. The average molecular weight is 380 g/mol. The highest BCUT2D eigenvalue weighted by Gasteiger charge is 2.28. The Bertz CT molecular complexity index is 585. The SMILES string of the molecule is COc1cc(NC(=O)N2CCCSCC2CN2CCCC2)cc(OC)c1. The topological polar surface area (TPSA) is 54.0 Å². The van der Waals surface area contributed by atoms with Crippen molar-refractivity contribution in [2.45, 2.75) is 25.3 Å². The first-order valence-corrected chi connectivity index (χ1v) is 10.5. The summed E-state index contributed by atoms with van der Waals surface area (Å²) in [4.78, 5) is 17.5. The molecule has 2 aliphatic rings. The van der Waals surface area contributed by atoms with Crippen LogP contribution < -0.4 is 14.8 Å². The molecule has 0 saturated carbocycles. The van der Waals surface area contributed by atoms with Crippen molar-refractivity contribution < 1.29 is 14.3 Å². The van der Waals surface area contributed by atoms with Gasteiger partial charge >= 0.3 is 6.03 Å². The second kappa shape index (κ2) is 9.37. The molecule has 1 atom stereocenters. The number of anilines is 1. The van der Waals surface area contributed by atoms with Gasteiger partial charge in [-0.15, -0.1) is 0 Å². The van der Waals surface area contributed by atoms with Gasteiger partial charge in [0.05, 0.1) is 20.3 Å². The van der Waals surface area contributed by atoms with Gasteiger partial charge in [0.25, 0.3) is 0 Å². The monoisotopic (exact) mass is 379 g/mol. The molecule has 3 rings (SSSR count). The number of likely N-dealkylation sites (tertiary alicyclic amines) is 1. The fourth-order valence-electron chi connectivity index (χ4n) is 3.59. The van der Waals surface area contributed by atoms with E-state index in [1.165, 1.54) is 12.8 Å². The highest BCUT2D eigenvalue weighted by atomic mass is 32.2. The van der Waals surface area contributed by atoms with Crippen molar-refractivity contribution in [3.8, 4) is 11.5 Å². The number of thioether (sulfide) groups is 1. The van der Waals surface area contributed by atoms with Crippen molar-refractivity contribution in [1.29, 1.82) is 0 Å². The highest BCUT2D eigenvalue weighted by molar-refractivity contribution is 7.99. The maximum Gasteiger partial charge on any atom is 0.322 e. The van der Waals surface area contributed by atoms with Crippen LogP contribution in [0.4, 0.5) is 10.5 Å². The Morgan fingerprint density at radius 2 is 1.81 bits per heavy atom. The first-order valence-electron chi connectivity index (χ1n) is 9.30. The van der Waals surface area contributed by atoms with E-state index in [0.717, 1.165) is 44.1 Å². The zero-order valence-corrected chi connectivity index (χ0v) is 16.5. The van der Waals surface area contributed by atoms with Gasteiger partial charge in [-0.25, -0.2) is 4.79 Å². The minimum Gasteiger partial charge on any atom is -0.497 e. The number of benzene rings is 1. The summed E-state index contributed by atoms with van der Waals surface area (Å²) in [5.41, 5.74) is 0.697. The molecule has 0 radical (unpaired) electrons. The number of methoxy groups -OCH3 is 2. The molecule has 2 saturated heterocycles. The second-order valence-electron chi connectivity index (χ2n) is 6.81. The van der Waals surface area contributed by atoms with Crippen LogP contribution in [-0.2, 0) is 0 Å². The van der Waals surface area contributed by atoms with Gasteiger partial charge in [-0.1, -0.05) is 0 Å². The molecule has 0 bridgehead atoms. The summed E-state index contributed by atoms with van der Waals surface area (Å²) in [5, 5.41) is 3.04. The third-order valence-corrected chi connectivity index (χ3v) is 6.17. The van der Waals surface area contributed by atoms with Crippen molar-refractivity contribution in [3.05, 3.63) is 18.2 Å². The van der Waals surface area contributed by atoms with Gasteiger partial charge in [0, 0.05) is 42.7 Å². The maximum absolute atomic E-state index is 13.0. The molecule has 1 aromatic carbocycles. The summed E-state index contributed by atoms with van der Waals surface area (Å²) in [6.07, 6.45) is 3.58. The van der Waals surface area contributed by atoms with E-state index in [1.807, 2.05) is 28.8 Å². The summed E-state index contributed by atoms with van der Waals surface area (Å²) in [6, 6.07) is 5.67. The lowest BCUT2D eigenvalue weighted by atomic mass is 10.2. The predicted octanol–water partition coefficient (Wildman–Crippen LogP) is 3.14.